The van der Waals surface area contributed by atoms with Crippen LogP contribution in [0.1, 0.15) is 35.1 Å². The van der Waals surface area contributed by atoms with Gasteiger partial charge >= 0.3 is 0 Å². The highest BCUT2D eigenvalue weighted by atomic mass is 35.5. The van der Waals surface area contributed by atoms with E-state index in [4.69, 9.17) is 27.9 Å². The Morgan fingerprint density at radius 3 is 2.62 bits per heavy atom. The van der Waals surface area contributed by atoms with Gasteiger partial charge in [0.15, 0.2) is 0 Å². The number of rotatable bonds is 5. The van der Waals surface area contributed by atoms with E-state index in [2.05, 4.69) is 15.6 Å². The number of imide groups is 1. The van der Waals surface area contributed by atoms with Gasteiger partial charge in [0.2, 0.25) is 11.8 Å². The van der Waals surface area contributed by atoms with Crippen molar-refractivity contribution in [3.8, 4) is 11.5 Å². The van der Waals surface area contributed by atoms with E-state index < -0.39 is 35.1 Å². The van der Waals surface area contributed by atoms with Crippen molar-refractivity contribution in [2.75, 3.05) is 5.32 Å². The molecule has 3 aromatic carbocycles. The summed E-state index contributed by atoms with van der Waals surface area (Å²) in [5.41, 5.74) is -0.0659. The number of para-hydroxylation sites is 1. The third-order valence-corrected chi connectivity index (χ3v) is 6.80. The fourth-order valence-electron chi connectivity index (χ4n) is 4.39. The molecule has 0 saturated carbocycles. The zero-order valence-corrected chi connectivity index (χ0v) is 21.8. The summed E-state index contributed by atoms with van der Waals surface area (Å²) in [6.07, 6.45) is 0.270. The molecule has 1 saturated heterocycles. The van der Waals surface area contributed by atoms with Gasteiger partial charge in [0.25, 0.3) is 11.5 Å². The molecule has 2 N–H and O–H groups in total. The maximum atomic E-state index is 13.6. The summed E-state index contributed by atoms with van der Waals surface area (Å²) in [5, 5.41) is 5.08. The minimum atomic E-state index is -0.881. The Morgan fingerprint density at radius 1 is 1.10 bits per heavy atom. The monoisotopic (exact) mass is 568 g/mol. The molecule has 2 heterocycles. The van der Waals surface area contributed by atoms with Crippen molar-refractivity contribution < 1.29 is 23.5 Å². The molecular formula is C27H19Cl2FN4O5. The number of nitrogens with zero attached hydrogens (tertiary/aromatic N) is 2. The predicted molar refractivity (Wildman–Crippen MR) is 143 cm³/mol. The highest BCUT2D eigenvalue weighted by molar-refractivity contribution is 6.35. The van der Waals surface area contributed by atoms with E-state index in [1.54, 1.807) is 25.1 Å². The fraction of sp³-hybridized carbons (Fsp3) is 0.148. The molecule has 1 fully saturated rings. The molecule has 12 heteroatoms. The zero-order valence-electron chi connectivity index (χ0n) is 20.3. The molecule has 4 aromatic rings. The lowest BCUT2D eigenvalue weighted by Gasteiger charge is -2.24. The molecule has 1 aromatic heterocycles. The van der Waals surface area contributed by atoms with Crippen LogP contribution in [0.15, 0.2) is 59.4 Å². The molecule has 1 unspecified atom stereocenters. The lowest BCUT2D eigenvalue weighted by Crippen LogP contribution is -2.45. The number of amides is 3. The van der Waals surface area contributed by atoms with Gasteiger partial charge in [-0.05, 0) is 49.7 Å². The van der Waals surface area contributed by atoms with E-state index in [-0.39, 0.29) is 62.4 Å². The fourth-order valence-corrected chi connectivity index (χ4v) is 4.81. The van der Waals surface area contributed by atoms with Crippen molar-refractivity contribution in [2.45, 2.75) is 25.8 Å². The normalized spacial score (nSPS) is 15.2. The number of hydrogen-bond donors (Lipinski definition) is 2. The average Bonchev–Trinajstić information content (AvgIpc) is 2.88. The van der Waals surface area contributed by atoms with Gasteiger partial charge in [-0.2, -0.15) is 0 Å². The highest BCUT2D eigenvalue weighted by Gasteiger charge is 2.31. The maximum Gasteiger partial charge on any atom is 0.262 e. The molecule has 198 valence electrons. The van der Waals surface area contributed by atoms with Crippen LogP contribution in [0.25, 0.3) is 10.9 Å². The number of piperidine rings is 1. The predicted octanol–water partition coefficient (Wildman–Crippen LogP) is 5.17. The standard InChI is InChI=1S/C27H19Cl2FN4O5/c1-13-31-24-15(27(38)34(13)20-10-11-22(35)33-25(20)36)4-2-6-19(24)32-26(37)23-16(28)5-3-7-21(23)39-14-8-9-18(30)17(29)12-14/h2-9,12,20H,10-11H2,1H3,(H,32,37)(H,33,35,36). The molecule has 0 aliphatic carbocycles. The summed E-state index contributed by atoms with van der Waals surface area (Å²) >= 11 is 12.2. The van der Waals surface area contributed by atoms with Crippen molar-refractivity contribution in [3.63, 3.8) is 0 Å². The van der Waals surface area contributed by atoms with Gasteiger partial charge in [-0.25, -0.2) is 9.37 Å². The van der Waals surface area contributed by atoms with Gasteiger partial charge in [0.05, 0.1) is 21.1 Å². The number of aromatic nitrogens is 2. The van der Waals surface area contributed by atoms with Crippen LogP contribution in [0.5, 0.6) is 11.5 Å². The second kappa shape index (κ2) is 10.5. The second-order valence-corrected chi connectivity index (χ2v) is 9.56. The van der Waals surface area contributed by atoms with Crippen molar-refractivity contribution in [1.82, 2.24) is 14.9 Å². The van der Waals surface area contributed by atoms with Crippen molar-refractivity contribution in [1.29, 1.82) is 0 Å². The largest absolute Gasteiger partial charge is 0.456 e. The van der Waals surface area contributed by atoms with Gasteiger partial charge in [-0.3, -0.25) is 29.1 Å². The maximum absolute atomic E-state index is 13.6. The Morgan fingerprint density at radius 2 is 1.87 bits per heavy atom. The molecule has 9 nitrogen and oxygen atoms in total. The van der Waals surface area contributed by atoms with Gasteiger partial charge in [-0.1, -0.05) is 35.3 Å². The minimum Gasteiger partial charge on any atom is -0.456 e. The Bertz CT molecular complexity index is 1740. The molecule has 0 radical (unpaired) electrons. The summed E-state index contributed by atoms with van der Waals surface area (Å²) in [4.78, 5) is 55.3. The molecule has 5 rings (SSSR count). The molecule has 0 spiro atoms. The van der Waals surface area contributed by atoms with Crippen LogP contribution in [-0.4, -0.2) is 27.3 Å². The molecule has 1 aliphatic rings. The average molecular weight is 569 g/mol. The van der Waals surface area contributed by atoms with E-state index in [0.717, 1.165) is 6.07 Å². The summed E-state index contributed by atoms with van der Waals surface area (Å²) < 4.78 is 20.6. The Balaban J connectivity index is 1.51. The topological polar surface area (TPSA) is 119 Å². The first-order valence-corrected chi connectivity index (χ1v) is 12.5. The van der Waals surface area contributed by atoms with Crippen LogP contribution in [-0.2, 0) is 9.59 Å². The molecule has 1 atom stereocenters. The van der Waals surface area contributed by atoms with E-state index in [1.807, 2.05) is 0 Å². The molecule has 3 amide bonds. The van der Waals surface area contributed by atoms with E-state index in [1.165, 1.54) is 34.9 Å². The Kier molecular flexibility index (Phi) is 7.07. The first-order chi connectivity index (χ1) is 18.6. The van der Waals surface area contributed by atoms with Gasteiger partial charge in [0.1, 0.15) is 40.3 Å². The third kappa shape index (κ3) is 5.08. The summed E-state index contributed by atoms with van der Waals surface area (Å²) in [7, 11) is 0. The van der Waals surface area contributed by atoms with Crippen LogP contribution in [0.3, 0.4) is 0 Å². The van der Waals surface area contributed by atoms with Gasteiger partial charge < -0.3 is 10.1 Å². The summed E-state index contributed by atoms with van der Waals surface area (Å²) in [6.45, 7) is 1.57. The van der Waals surface area contributed by atoms with Crippen LogP contribution in [0.4, 0.5) is 10.1 Å². The van der Waals surface area contributed by atoms with Crippen molar-refractivity contribution in [2.24, 2.45) is 0 Å². The van der Waals surface area contributed by atoms with Gasteiger partial charge in [0, 0.05) is 12.5 Å². The number of benzene rings is 3. The number of carbonyl (C=O) groups excluding carboxylic acids is 3. The summed E-state index contributed by atoms with van der Waals surface area (Å²) in [6, 6.07) is 12.1. The zero-order chi connectivity index (χ0) is 27.8. The first kappa shape index (κ1) is 26.3. The van der Waals surface area contributed by atoms with Crippen LogP contribution >= 0.6 is 23.2 Å². The smallest absolute Gasteiger partial charge is 0.262 e. The number of aryl methyl sites for hydroxylation is 1. The quantitative estimate of drug-likeness (QED) is 0.320. The second-order valence-electron chi connectivity index (χ2n) is 8.75. The van der Waals surface area contributed by atoms with Crippen LogP contribution in [0, 0.1) is 12.7 Å². The number of carbonyl (C=O) groups is 3. The summed E-state index contributed by atoms with van der Waals surface area (Å²) in [5.74, 6) is -1.73. The lowest BCUT2D eigenvalue weighted by molar-refractivity contribution is -0.135. The first-order valence-electron chi connectivity index (χ1n) is 11.7. The Hall–Kier alpha value is -4.28. The van der Waals surface area contributed by atoms with Crippen molar-refractivity contribution in [3.05, 3.63) is 92.2 Å². The number of ether oxygens (including phenoxy) is 1. The van der Waals surface area contributed by atoms with Crippen LogP contribution < -0.4 is 20.9 Å². The SMILES string of the molecule is Cc1nc2c(NC(=O)c3c(Cl)cccc3Oc3ccc(F)c(Cl)c3)cccc2c(=O)n1C1CCC(=O)NC1=O. The lowest BCUT2D eigenvalue weighted by atomic mass is 10.1. The van der Waals surface area contributed by atoms with E-state index in [9.17, 15) is 23.6 Å². The number of nitrogens with one attached hydrogen (secondary N) is 2. The molecule has 0 bridgehead atoms. The number of fused-ring (bicyclic) bond motifs is 1. The van der Waals surface area contributed by atoms with Gasteiger partial charge in [-0.15, -0.1) is 0 Å². The highest BCUT2D eigenvalue weighted by Crippen LogP contribution is 2.33. The van der Waals surface area contributed by atoms with E-state index >= 15 is 0 Å². The Labute approximate surface area is 230 Å². The van der Waals surface area contributed by atoms with E-state index in [0.29, 0.717) is 0 Å². The number of anilines is 1. The number of hydrogen-bond acceptors (Lipinski definition) is 6. The minimum absolute atomic E-state index is 0.00905. The molecular weight excluding hydrogens is 550 g/mol. The molecule has 1 aliphatic heterocycles. The number of halogens is 3. The third-order valence-electron chi connectivity index (χ3n) is 6.20. The molecule has 39 heavy (non-hydrogen) atoms. The van der Waals surface area contributed by atoms with Crippen molar-refractivity contribution >= 4 is 57.5 Å². The van der Waals surface area contributed by atoms with Crippen LogP contribution in [0.2, 0.25) is 10.0 Å².